The minimum absolute atomic E-state index is 0.545. The van der Waals surface area contributed by atoms with Crippen molar-refractivity contribution in [3.8, 4) is 0 Å². The van der Waals surface area contributed by atoms with E-state index >= 15 is 0 Å². The van der Waals surface area contributed by atoms with Crippen molar-refractivity contribution < 1.29 is 8.42 Å². The van der Waals surface area contributed by atoms with Gasteiger partial charge in [-0.2, -0.15) is 0 Å². The Morgan fingerprint density at radius 1 is 1.33 bits per heavy atom. The Hall–Kier alpha value is 0.600. The summed E-state index contributed by atoms with van der Waals surface area (Å²) in [6, 6.07) is 0. The molecule has 0 aromatic rings. The lowest BCUT2D eigenvalue weighted by molar-refractivity contribution is 0.407. The fourth-order valence-corrected chi connectivity index (χ4v) is 1.91. The Labute approximate surface area is 88.5 Å². The van der Waals surface area contributed by atoms with Gasteiger partial charge < -0.3 is 0 Å². The quantitative estimate of drug-likeness (QED) is 0.550. The van der Waals surface area contributed by atoms with Crippen LogP contribution >= 0.6 is 22.9 Å². The van der Waals surface area contributed by atoms with E-state index in [0.717, 1.165) is 6.54 Å². The number of hydrogen-bond donors (Lipinski definition) is 0. The van der Waals surface area contributed by atoms with Crippen LogP contribution in [0.5, 0.6) is 0 Å². The first-order valence-corrected chi connectivity index (χ1v) is 6.51. The van der Waals surface area contributed by atoms with Crippen molar-refractivity contribution in [1.82, 2.24) is 7.42 Å². The highest BCUT2D eigenvalue weighted by Gasteiger charge is 2.13. The predicted octanol–water partition coefficient (Wildman–Crippen LogP) is 0.550. The summed E-state index contributed by atoms with van der Waals surface area (Å²) in [5.74, 6) is 0. The van der Waals surface area contributed by atoms with Crippen LogP contribution in [-0.4, -0.2) is 48.8 Å². The van der Waals surface area contributed by atoms with E-state index in [0.29, 0.717) is 13.1 Å². The molecule has 0 spiro atoms. The molecule has 0 aromatic heterocycles. The molecular formula is C6H15IN2O2S. The summed E-state index contributed by atoms with van der Waals surface area (Å²) in [5, 5.41) is 0. The zero-order valence-electron chi connectivity index (χ0n) is 7.62. The fourth-order valence-electron chi connectivity index (χ4n) is 0.808. The SMILES string of the molecule is CCN(CCN(C)I)S(C)(=O)=O. The summed E-state index contributed by atoms with van der Waals surface area (Å²) in [7, 11) is -1.09. The zero-order valence-corrected chi connectivity index (χ0v) is 10.6. The minimum Gasteiger partial charge on any atom is -0.249 e. The first-order valence-electron chi connectivity index (χ1n) is 3.70. The molecule has 0 saturated heterocycles. The predicted molar refractivity (Wildman–Crippen MR) is 58.7 cm³/mol. The molecule has 0 aliphatic rings. The summed E-state index contributed by atoms with van der Waals surface area (Å²) < 4.78 is 25.6. The molecule has 0 amide bonds. The molecule has 0 N–H and O–H groups in total. The lowest BCUT2D eigenvalue weighted by atomic mass is 10.6. The highest BCUT2D eigenvalue weighted by Crippen LogP contribution is 1.99. The summed E-state index contributed by atoms with van der Waals surface area (Å²) in [6.07, 6.45) is 1.24. The molecule has 0 aliphatic heterocycles. The van der Waals surface area contributed by atoms with E-state index in [-0.39, 0.29) is 0 Å². The van der Waals surface area contributed by atoms with Crippen LogP contribution in [-0.2, 0) is 10.0 Å². The monoisotopic (exact) mass is 306 g/mol. The molecule has 4 nitrogen and oxygen atoms in total. The Kier molecular flexibility index (Phi) is 5.62. The van der Waals surface area contributed by atoms with Crippen LogP contribution in [0.15, 0.2) is 0 Å². The molecule has 0 aromatic carbocycles. The maximum absolute atomic E-state index is 11.1. The smallest absolute Gasteiger partial charge is 0.211 e. The number of likely N-dealkylation sites (N-methyl/N-ethyl adjacent to an activating group) is 2. The van der Waals surface area contributed by atoms with Crippen LogP contribution in [0.3, 0.4) is 0 Å². The molecule has 0 bridgehead atoms. The van der Waals surface area contributed by atoms with Crippen LogP contribution in [0.4, 0.5) is 0 Å². The molecule has 0 heterocycles. The van der Waals surface area contributed by atoms with E-state index in [4.69, 9.17) is 0 Å². The van der Waals surface area contributed by atoms with Crippen LogP contribution in [0.2, 0.25) is 0 Å². The van der Waals surface area contributed by atoms with Gasteiger partial charge in [-0.05, 0) is 7.05 Å². The Morgan fingerprint density at radius 2 is 1.83 bits per heavy atom. The first kappa shape index (κ1) is 12.6. The third kappa shape index (κ3) is 5.28. The number of rotatable bonds is 5. The number of sulfonamides is 1. The standard InChI is InChI=1S/C6H15IN2O2S/c1-4-9(12(3,10)11)6-5-8(2)7/h4-6H2,1-3H3. The molecule has 0 fully saturated rings. The van der Waals surface area contributed by atoms with Gasteiger partial charge in [0.25, 0.3) is 0 Å². The van der Waals surface area contributed by atoms with Crippen molar-refractivity contribution in [2.75, 3.05) is 32.9 Å². The van der Waals surface area contributed by atoms with E-state index in [9.17, 15) is 8.42 Å². The molecule has 6 heteroatoms. The second kappa shape index (κ2) is 5.36. The van der Waals surface area contributed by atoms with Gasteiger partial charge in [0.1, 0.15) is 0 Å². The fraction of sp³-hybridized carbons (Fsp3) is 1.00. The van der Waals surface area contributed by atoms with Gasteiger partial charge in [-0.15, -0.1) is 0 Å². The van der Waals surface area contributed by atoms with Crippen molar-refractivity contribution in [1.29, 1.82) is 0 Å². The molecule has 0 saturated carbocycles. The molecule has 74 valence electrons. The molecular weight excluding hydrogens is 291 g/mol. The Bertz CT molecular complexity index is 216. The number of nitrogens with zero attached hydrogens (tertiary/aromatic N) is 2. The third-order valence-electron chi connectivity index (χ3n) is 1.48. The summed E-state index contributed by atoms with van der Waals surface area (Å²) >= 11 is 2.13. The Balaban J connectivity index is 4.03. The number of hydrogen-bond acceptors (Lipinski definition) is 3. The van der Waals surface area contributed by atoms with Gasteiger partial charge in [-0.3, -0.25) is 0 Å². The van der Waals surface area contributed by atoms with Crippen molar-refractivity contribution >= 4 is 32.9 Å². The maximum atomic E-state index is 11.1. The molecule has 0 rings (SSSR count). The van der Waals surface area contributed by atoms with Gasteiger partial charge in [-0.1, -0.05) is 6.92 Å². The molecule has 12 heavy (non-hydrogen) atoms. The van der Waals surface area contributed by atoms with Gasteiger partial charge >= 0.3 is 0 Å². The van der Waals surface area contributed by atoms with E-state index in [1.807, 2.05) is 17.1 Å². The second-order valence-corrected chi connectivity index (χ2v) is 6.21. The van der Waals surface area contributed by atoms with E-state index in [2.05, 4.69) is 22.9 Å². The van der Waals surface area contributed by atoms with Crippen molar-refractivity contribution in [3.05, 3.63) is 0 Å². The van der Waals surface area contributed by atoms with Gasteiger partial charge in [-0.25, -0.2) is 15.8 Å². The third-order valence-corrected chi connectivity index (χ3v) is 3.34. The van der Waals surface area contributed by atoms with Gasteiger partial charge in [0.15, 0.2) is 0 Å². The van der Waals surface area contributed by atoms with Crippen LogP contribution in [0.1, 0.15) is 6.92 Å². The van der Waals surface area contributed by atoms with Gasteiger partial charge in [0.05, 0.1) is 6.26 Å². The maximum Gasteiger partial charge on any atom is 0.211 e. The van der Waals surface area contributed by atoms with Crippen LogP contribution < -0.4 is 0 Å². The topological polar surface area (TPSA) is 40.6 Å². The van der Waals surface area contributed by atoms with Crippen molar-refractivity contribution in [2.45, 2.75) is 6.92 Å². The average molecular weight is 306 g/mol. The number of halogens is 1. The lowest BCUT2D eigenvalue weighted by Gasteiger charge is -2.18. The molecule has 0 aliphatic carbocycles. The van der Waals surface area contributed by atoms with Gasteiger partial charge in [0, 0.05) is 42.5 Å². The van der Waals surface area contributed by atoms with Crippen LogP contribution in [0.25, 0.3) is 0 Å². The van der Waals surface area contributed by atoms with Crippen LogP contribution in [0, 0.1) is 0 Å². The summed E-state index contributed by atoms with van der Waals surface area (Å²) in [6.45, 7) is 3.70. The van der Waals surface area contributed by atoms with Crippen molar-refractivity contribution in [2.24, 2.45) is 0 Å². The summed E-state index contributed by atoms with van der Waals surface area (Å²) in [5.41, 5.74) is 0. The second-order valence-electron chi connectivity index (χ2n) is 2.58. The van der Waals surface area contributed by atoms with E-state index < -0.39 is 10.0 Å². The normalized spacial score (nSPS) is 12.8. The minimum atomic E-state index is -3.01. The first-order chi connectivity index (χ1) is 5.38. The highest BCUT2D eigenvalue weighted by atomic mass is 127. The largest absolute Gasteiger partial charge is 0.249 e. The summed E-state index contributed by atoms with van der Waals surface area (Å²) in [4.78, 5) is 0. The zero-order chi connectivity index (χ0) is 9.78. The van der Waals surface area contributed by atoms with E-state index in [1.54, 1.807) is 0 Å². The van der Waals surface area contributed by atoms with E-state index in [1.165, 1.54) is 10.6 Å². The van der Waals surface area contributed by atoms with Crippen molar-refractivity contribution in [3.63, 3.8) is 0 Å². The Morgan fingerprint density at radius 3 is 2.08 bits per heavy atom. The molecule has 0 unspecified atom stereocenters. The molecule has 0 radical (unpaired) electrons. The average Bonchev–Trinajstić information content (AvgIpc) is 1.85. The molecule has 0 atom stereocenters. The lowest BCUT2D eigenvalue weighted by Crippen LogP contribution is -2.34. The highest BCUT2D eigenvalue weighted by molar-refractivity contribution is 14.1. The van der Waals surface area contributed by atoms with Gasteiger partial charge in [0.2, 0.25) is 10.0 Å².